The highest BCUT2D eigenvalue weighted by atomic mass is 32.2. The topological polar surface area (TPSA) is 63.2 Å². The third-order valence-electron chi connectivity index (χ3n) is 4.09. The van der Waals surface area contributed by atoms with Gasteiger partial charge in [-0.05, 0) is 30.9 Å². The molecule has 0 bridgehead atoms. The Labute approximate surface area is 143 Å². The number of carbonyl (C=O) groups is 1. The molecule has 1 N–H and O–H groups in total. The zero-order valence-corrected chi connectivity index (χ0v) is 14.8. The number of rotatable bonds is 7. The smallest absolute Gasteiger partial charge is 0.238 e. The van der Waals surface area contributed by atoms with Gasteiger partial charge in [0.25, 0.3) is 0 Å². The van der Waals surface area contributed by atoms with Gasteiger partial charge in [0, 0.05) is 6.26 Å². The quantitative estimate of drug-likeness (QED) is 0.839. The molecular weight excluding hydrogens is 322 g/mol. The van der Waals surface area contributed by atoms with Crippen LogP contribution in [0.25, 0.3) is 0 Å². The first-order chi connectivity index (χ1) is 11.4. The normalized spacial score (nSPS) is 13.9. The van der Waals surface area contributed by atoms with Crippen LogP contribution in [0.3, 0.4) is 0 Å². The fourth-order valence-corrected chi connectivity index (χ4v) is 2.90. The predicted octanol–water partition coefficient (Wildman–Crippen LogP) is 2.91. The molecule has 2 rings (SSSR count). The lowest BCUT2D eigenvalue weighted by atomic mass is 9.99. The summed E-state index contributed by atoms with van der Waals surface area (Å²) in [6.07, 6.45) is 2.59. The van der Waals surface area contributed by atoms with Crippen molar-refractivity contribution in [1.29, 1.82) is 0 Å². The first-order valence-corrected chi connectivity index (χ1v) is 9.91. The number of hydrogen-bond acceptors (Lipinski definition) is 3. The van der Waals surface area contributed by atoms with Gasteiger partial charge in [-0.3, -0.25) is 4.79 Å². The van der Waals surface area contributed by atoms with E-state index in [-0.39, 0.29) is 6.04 Å². The average Bonchev–Trinajstić information content (AvgIpc) is 2.58. The number of sulfone groups is 1. The lowest BCUT2D eigenvalue weighted by Gasteiger charge is -2.21. The van der Waals surface area contributed by atoms with Crippen molar-refractivity contribution >= 4 is 15.7 Å². The predicted molar refractivity (Wildman–Crippen MR) is 96.4 cm³/mol. The van der Waals surface area contributed by atoms with Gasteiger partial charge in [0.2, 0.25) is 5.91 Å². The van der Waals surface area contributed by atoms with E-state index in [1.54, 1.807) is 0 Å². The van der Waals surface area contributed by atoms with E-state index in [9.17, 15) is 13.2 Å². The minimum absolute atomic E-state index is 0.219. The monoisotopic (exact) mass is 345 g/mol. The van der Waals surface area contributed by atoms with Crippen LogP contribution in [0.5, 0.6) is 0 Å². The fraction of sp³-hybridized carbons (Fsp3) is 0.316. The Kier molecular flexibility index (Phi) is 6.15. The van der Waals surface area contributed by atoms with E-state index < -0.39 is 21.0 Å². The third kappa shape index (κ3) is 5.20. The zero-order valence-electron chi connectivity index (χ0n) is 14.0. The molecule has 1 amide bonds. The van der Waals surface area contributed by atoms with Gasteiger partial charge < -0.3 is 5.32 Å². The van der Waals surface area contributed by atoms with E-state index in [2.05, 4.69) is 5.32 Å². The highest BCUT2D eigenvalue weighted by molar-refractivity contribution is 7.92. The molecule has 2 aromatic carbocycles. The van der Waals surface area contributed by atoms with Crippen molar-refractivity contribution in [2.45, 2.75) is 31.1 Å². The lowest BCUT2D eigenvalue weighted by Crippen LogP contribution is -2.39. The average molecular weight is 345 g/mol. The summed E-state index contributed by atoms with van der Waals surface area (Å²) in [5.74, 6) is -0.459. The van der Waals surface area contributed by atoms with Crippen LogP contribution < -0.4 is 5.32 Å². The van der Waals surface area contributed by atoms with Gasteiger partial charge in [0.05, 0.1) is 6.04 Å². The highest BCUT2D eigenvalue weighted by Crippen LogP contribution is 2.20. The number of hydrogen-bond donors (Lipinski definition) is 1. The van der Waals surface area contributed by atoms with Crippen molar-refractivity contribution in [3.8, 4) is 0 Å². The maximum Gasteiger partial charge on any atom is 0.238 e. The molecule has 128 valence electrons. The Balaban J connectivity index is 2.13. The van der Waals surface area contributed by atoms with Gasteiger partial charge >= 0.3 is 0 Å². The van der Waals surface area contributed by atoms with Crippen molar-refractivity contribution in [3.05, 3.63) is 71.8 Å². The molecule has 5 heteroatoms. The summed E-state index contributed by atoms with van der Waals surface area (Å²) < 4.78 is 23.2. The number of benzene rings is 2. The van der Waals surface area contributed by atoms with Crippen molar-refractivity contribution in [2.24, 2.45) is 0 Å². The molecule has 2 atom stereocenters. The molecule has 0 aliphatic carbocycles. The number of aryl methyl sites for hydroxylation is 1. The van der Waals surface area contributed by atoms with Gasteiger partial charge in [0.1, 0.15) is 5.25 Å². The van der Waals surface area contributed by atoms with E-state index in [0.29, 0.717) is 6.42 Å². The van der Waals surface area contributed by atoms with Crippen LogP contribution in [0.4, 0.5) is 0 Å². The Morgan fingerprint density at radius 3 is 2.08 bits per heavy atom. The standard InChI is InChI=1S/C19H23NO3S/c1-15(24(2,22)23)19(21)20-18(17-11-7-4-8-12-17)14-13-16-9-5-3-6-10-16/h3-12,15,18H,13-14H2,1-2H3,(H,20,21). The van der Waals surface area contributed by atoms with Crippen molar-refractivity contribution < 1.29 is 13.2 Å². The van der Waals surface area contributed by atoms with Crippen LogP contribution >= 0.6 is 0 Å². The minimum Gasteiger partial charge on any atom is -0.348 e. The summed E-state index contributed by atoms with van der Waals surface area (Å²) in [6, 6.07) is 19.4. The molecule has 0 heterocycles. The summed E-state index contributed by atoms with van der Waals surface area (Å²) in [4.78, 5) is 12.3. The van der Waals surface area contributed by atoms with Gasteiger partial charge in [-0.1, -0.05) is 60.7 Å². The van der Waals surface area contributed by atoms with Gasteiger partial charge in [-0.15, -0.1) is 0 Å². The zero-order chi connectivity index (χ0) is 17.6. The maximum absolute atomic E-state index is 12.3. The van der Waals surface area contributed by atoms with Crippen LogP contribution in [-0.4, -0.2) is 25.8 Å². The molecule has 0 fully saturated rings. The molecule has 0 aliphatic rings. The maximum atomic E-state index is 12.3. The number of nitrogens with one attached hydrogen (secondary N) is 1. The van der Waals surface area contributed by atoms with Gasteiger partial charge in [0.15, 0.2) is 9.84 Å². The molecule has 0 aromatic heterocycles. The third-order valence-corrected chi connectivity index (χ3v) is 5.59. The SMILES string of the molecule is CC(C(=O)NC(CCc1ccccc1)c1ccccc1)S(C)(=O)=O. The van der Waals surface area contributed by atoms with Gasteiger partial charge in [-0.25, -0.2) is 8.42 Å². The molecule has 0 spiro atoms. The highest BCUT2D eigenvalue weighted by Gasteiger charge is 2.26. The van der Waals surface area contributed by atoms with E-state index in [0.717, 1.165) is 18.2 Å². The van der Waals surface area contributed by atoms with Crippen LogP contribution in [-0.2, 0) is 21.1 Å². The molecule has 0 radical (unpaired) electrons. The molecule has 2 aromatic rings. The molecule has 0 aliphatic heterocycles. The van der Waals surface area contributed by atoms with E-state index in [1.807, 2.05) is 60.7 Å². The Morgan fingerprint density at radius 1 is 1.00 bits per heavy atom. The van der Waals surface area contributed by atoms with Crippen molar-refractivity contribution in [1.82, 2.24) is 5.32 Å². The van der Waals surface area contributed by atoms with Crippen LogP contribution in [0, 0.1) is 0 Å². The summed E-state index contributed by atoms with van der Waals surface area (Å²) in [5.41, 5.74) is 2.16. The minimum atomic E-state index is -3.41. The van der Waals surface area contributed by atoms with Crippen LogP contribution in [0.1, 0.15) is 30.5 Å². The molecule has 0 saturated heterocycles. The lowest BCUT2D eigenvalue weighted by molar-refractivity contribution is -0.121. The van der Waals surface area contributed by atoms with Crippen LogP contribution in [0.2, 0.25) is 0 Å². The second-order valence-electron chi connectivity index (χ2n) is 5.97. The molecular formula is C19H23NO3S. The first kappa shape index (κ1) is 18.2. The summed E-state index contributed by atoms with van der Waals surface area (Å²) >= 11 is 0. The summed E-state index contributed by atoms with van der Waals surface area (Å²) in [7, 11) is -3.41. The molecule has 4 nitrogen and oxygen atoms in total. The first-order valence-electron chi connectivity index (χ1n) is 7.96. The largest absolute Gasteiger partial charge is 0.348 e. The number of carbonyl (C=O) groups excluding carboxylic acids is 1. The Bertz CT molecular complexity index is 758. The Morgan fingerprint density at radius 2 is 1.54 bits per heavy atom. The second kappa shape index (κ2) is 8.11. The van der Waals surface area contributed by atoms with Crippen molar-refractivity contribution in [2.75, 3.05) is 6.26 Å². The van der Waals surface area contributed by atoms with Crippen LogP contribution in [0.15, 0.2) is 60.7 Å². The van der Waals surface area contributed by atoms with E-state index in [1.165, 1.54) is 12.5 Å². The fourth-order valence-electron chi connectivity index (χ4n) is 2.45. The van der Waals surface area contributed by atoms with Crippen molar-refractivity contribution in [3.63, 3.8) is 0 Å². The molecule has 24 heavy (non-hydrogen) atoms. The Hall–Kier alpha value is -2.14. The summed E-state index contributed by atoms with van der Waals surface area (Å²) in [5, 5.41) is 1.84. The number of amides is 1. The van der Waals surface area contributed by atoms with E-state index in [4.69, 9.17) is 0 Å². The second-order valence-corrected chi connectivity index (χ2v) is 8.33. The van der Waals surface area contributed by atoms with Gasteiger partial charge in [-0.2, -0.15) is 0 Å². The van der Waals surface area contributed by atoms with E-state index >= 15 is 0 Å². The molecule has 2 unspecified atom stereocenters. The molecule has 0 saturated carbocycles. The summed E-state index contributed by atoms with van der Waals surface area (Å²) in [6.45, 7) is 1.42.